The number of morpholine rings is 1. The zero-order valence-corrected chi connectivity index (χ0v) is 12.4. The maximum absolute atomic E-state index is 12.3. The van der Waals surface area contributed by atoms with E-state index in [0.717, 1.165) is 11.4 Å². The van der Waals surface area contributed by atoms with E-state index in [0.29, 0.717) is 19.7 Å². The van der Waals surface area contributed by atoms with E-state index in [4.69, 9.17) is 4.74 Å². The van der Waals surface area contributed by atoms with Gasteiger partial charge >= 0.3 is 0 Å². The van der Waals surface area contributed by atoms with Gasteiger partial charge in [0.25, 0.3) is 0 Å². The molecule has 1 aliphatic heterocycles. The van der Waals surface area contributed by atoms with Crippen LogP contribution in [-0.2, 0) is 16.1 Å². The van der Waals surface area contributed by atoms with Crippen molar-refractivity contribution in [2.75, 3.05) is 13.2 Å². The molecule has 0 aromatic carbocycles. The van der Waals surface area contributed by atoms with Crippen LogP contribution in [0.2, 0.25) is 0 Å². The molecule has 0 aliphatic carbocycles. The number of carbonyl (C=O) groups is 1. The molecule has 0 radical (unpaired) electrons. The highest BCUT2D eigenvalue weighted by atomic mass is 16.5. The van der Waals surface area contributed by atoms with Crippen molar-refractivity contribution in [2.24, 2.45) is 0 Å². The summed E-state index contributed by atoms with van der Waals surface area (Å²) in [5.74, 6) is 0.703. The van der Waals surface area contributed by atoms with E-state index in [1.807, 2.05) is 29.8 Å². The minimum absolute atomic E-state index is 0.0624. The number of hydrogen-bond acceptors (Lipinski definition) is 5. The summed E-state index contributed by atoms with van der Waals surface area (Å²) in [4.78, 5) is 20.7. The summed E-state index contributed by atoms with van der Waals surface area (Å²) in [6.45, 7) is 3.64. The lowest BCUT2D eigenvalue weighted by Crippen LogP contribution is -2.55. The first-order valence-electron chi connectivity index (χ1n) is 7.30. The van der Waals surface area contributed by atoms with Gasteiger partial charge in [-0.2, -0.15) is 0 Å². The van der Waals surface area contributed by atoms with Gasteiger partial charge in [0, 0.05) is 37.2 Å². The monoisotopic (exact) mass is 301 g/mol. The van der Waals surface area contributed by atoms with Crippen molar-refractivity contribution < 1.29 is 9.53 Å². The molecule has 116 valence electrons. The van der Waals surface area contributed by atoms with Gasteiger partial charge < -0.3 is 15.4 Å². The standard InChI is InChI=1S/C15H19N5O2/c1-11-13(17-6-8-22-11)15(21)19-9-12-3-2-4-18-14(12)20-7-5-16-10-20/h2-5,7,10-11,13,17H,6,8-9H2,1H3,(H,19,21)/t11-,13+/m1/s1. The molecular weight excluding hydrogens is 282 g/mol. The van der Waals surface area contributed by atoms with Crippen LogP contribution in [0.25, 0.3) is 5.82 Å². The average molecular weight is 301 g/mol. The second kappa shape index (κ2) is 6.67. The lowest BCUT2D eigenvalue weighted by Gasteiger charge is -2.29. The molecule has 1 aliphatic rings. The topological polar surface area (TPSA) is 81.1 Å². The van der Waals surface area contributed by atoms with E-state index in [2.05, 4.69) is 20.6 Å². The largest absolute Gasteiger partial charge is 0.375 e. The maximum Gasteiger partial charge on any atom is 0.240 e. The Balaban J connectivity index is 1.68. The molecule has 7 heteroatoms. The van der Waals surface area contributed by atoms with Gasteiger partial charge in [0.2, 0.25) is 5.91 Å². The molecule has 22 heavy (non-hydrogen) atoms. The molecule has 2 aromatic heterocycles. The Morgan fingerprint density at radius 1 is 1.55 bits per heavy atom. The molecule has 0 saturated carbocycles. The van der Waals surface area contributed by atoms with Gasteiger partial charge in [-0.3, -0.25) is 9.36 Å². The van der Waals surface area contributed by atoms with Gasteiger partial charge in [0.15, 0.2) is 0 Å². The van der Waals surface area contributed by atoms with Gasteiger partial charge in [-0.15, -0.1) is 0 Å². The summed E-state index contributed by atoms with van der Waals surface area (Å²) >= 11 is 0. The van der Waals surface area contributed by atoms with E-state index in [1.54, 1.807) is 18.7 Å². The van der Waals surface area contributed by atoms with Crippen LogP contribution in [0.5, 0.6) is 0 Å². The number of pyridine rings is 1. The highest BCUT2D eigenvalue weighted by Crippen LogP contribution is 2.11. The summed E-state index contributed by atoms with van der Waals surface area (Å²) < 4.78 is 7.32. The fourth-order valence-electron chi connectivity index (χ4n) is 2.50. The first-order valence-corrected chi connectivity index (χ1v) is 7.30. The number of amides is 1. The van der Waals surface area contributed by atoms with Crippen LogP contribution < -0.4 is 10.6 Å². The summed E-state index contributed by atoms with van der Waals surface area (Å²) in [6, 6.07) is 3.48. The minimum Gasteiger partial charge on any atom is -0.375 e. The van der Waals surface area contributed by atoms with Crippen LogP contribution in [0.1, 0.15) is 12.5 Å². The Labute approximate surface area is 128 Å². The van der Waals surface area contributed by atoms with Crippen LogP contribution in [0.3, 0.4) is 0 Å². The quantitative estimate of drug-likeness (QED) is 0.847. The van der Waals surface area contributed by atoms with Gasteiger partial charge in [-0.25, -0.2) is 9.97 Å². The van der Waals surface area contributed by atoms with Crippen molar-refractivity contribution >= 4 is 5.91 Å². The van der Waals surface area contributed by atoms with Crippen molar-refractivity contribution in [2.45, 2.75) is 25.6 Å². The molecule has 3 rings (SSSR count). The number of imidazole rings is 1. The predicted molar refractivity (Wildman–Crippen MR) is 80.4 cm³/mol. The predicted octanol–water partition coefficient (Wildman–Crippen LogP) is 0.260. The fraction of sp³-hybridized carbons (Fsp3) is 0.400. The Bertz CT molecular complexity index is 629. The van der Waals surface area contributed by atoms with E-state index in [-0.39, 0.29) is 18.1 Å². The smallest absolute Gasteiger partial charge is 0.240 e. The molecule has 2 N–H and O–H groups in total. The normalized spacial score (nSPS) is 21.5. The molecule has 3 heterocycles. The third-order valence-electron chi connectivity index (χ3n) is 3.67. The summed E-state index contributed by atoms with van der Waals surface area (Å²) in [7, 11) is 0. The summed E-state index contributed by atoms with van der Waals surface area (Å²) in [6.07, 6.45) is 6.80. The highest BCUT2D eigenvalue weighted by Gasteiger charge is 2.28. The van der Waals surface area contributed by atoms with Gasteiger partial charge in [0.05, 0.1) is 12.7 Å². The summed E-state index contributed by atoms with van der Waals surface area (Å²) in [5.41, 5.74) is 0.929. The van der Waals surface area contributed by atoms with Crippen LogP contribution in [0, 0.1) is 0 Å². The lowest BCUT2D eigenvalue weighted by atomic mass is 10.1. The summed E-state index contributed by atoms with van der Waals surface area (Å²) in [5, 5.41) is 6.13. The molecule has 1 fully saturated rings. The van der Waals surface area contributed by atoms with Crippen molar-refractivity contribution in [1.29, 1.82) is 0 Å². The molecule has 1 saturated heterocycles. The number of rotatable bonds is 4. The molecular formula is C15H19N5O2. The van der Waals surface area contributed by atoms with Crippen LogP contribution in [0.15, 0.2) is 37.1 Å². The number of ether oxygens (including phenoxy) is 1. The number of carbonyl (C=O) groups excluding carboxylic acids is 1. The fourth-order valence-corrected chi connectivity index (χ4v) is 2.50. The van der Waals surface area contributed by atoms with Crippen LogP contribution >= 0.6 is 0 Å². The zero-order chi connectivity index (χ0) is 15.4. The number of nitrogens with zero attached hydrogens (tertiary/aromatic N) is 3. The Kier molecular flexibility index (Phi) is 4.45. The highest BCUT2D eigenvalue weighted by molar-refractivity contribution is 5.82. The van der Waals surface area contributed by atoms with Gasteiger partial charge in [0.1, 0.15) is 18.2 Å². The van der Waals surface area contributed by atoms with Gasteiger partial charge in [-0.1, -0.05) is 6.07 Å². The second-order valence-electron chi connectivity index (χ2n) is 5.18. The molecule has 1 amide bonds. The molecule has 2 atom stereocenters. The SMILES string of the molecule is C[C@H]1OCCN[C@@H]1C(=O)NCc1cccnc1-n1ccnc1. The Hall–Kier alpha value is -2.25. The third kappa shape index (κ3) is 3.15. The molecule has 2 aromatic rings. The molecule has 0 bridgehead atoms. The van der Waals surface area contributed by atoms with Crippen LogP contribution in [0.4, 0.5) is 0 Å². The van der Waals surface area contributed by atoms with E-state index in [9.17, 15) is 4.79 Å². The number of hydrogen-bond donors (Lipinski definition) is 2. The van der Waals surface area contributed by atoms with E-state index < -0.39 is 0 Å². The van der Waals surface area contributed by atoms with Crippen molar-refractivity contribution in [3.8, 4) is 5.82 Å². The first kappa shape index (κ1) is 14.7. The van der Waals surface area contributed by atoms with Crippen LogP contribution in [-0.4, -0.2) is 45.7 Å². The average Bonchev–Trinajstić information content (AvgIpc) is 3.07. The molecule has 7 nitrogen and oxygen atoms in total. The number of aromatic nitrogens is 3. The number of nitrogens with one attached hydrogen (secondary N) is 2. The zero-order valence-electron chi connectivity index (χ0n) is 12.4. The first-order chi connectivity index (χ1) is 10.8. The third-order valence-corrected chi connectivity index (χ3v) is 3.67. The van der Waals surface area contributed by atoms with Crippen molar-refractivity contribution in [3.05, 3.63) is 42.6 Å². The Morgan fingerprint density at radius 2 is 2.45 bits per heavy atom. The van der Waals surface area contributed by atoms with Crippen molar-refractivity contribution in [1.82, 2.24) is 25.2 Å². The second-order valence-corrected chi connectivity index (χ2v) is 5.18. The molecule has 0 unspecified atom stereocenters. The Morgan fingerprint density at radius 3 is 3.23 bits per heavy atom. The molecule has 0 spiro atoms. The van der Waals surface area contributed by atoms with Gasteiger partial charge in [-0.05, 0) is 13.0 Å². The van der Waals surface area contributed by atoms with Crippen molar-refractivity contribution in [3.63, 3.8) is 0 Å². The lowest BCUT2D eigenvalue weighted by molar-refractivity contribution is -0.129. The van der Waals surface area contributed by atoms with E-state index in [1.165, 1.54) is 0 Å². The minimum atomic E-state index is -0.317. The maximum atomic E-state index is 12.3. The van der Waals surface area contributed by atoms with E-state index >= 15 is 0 Å².